The second kappa shape index (κ2) is 2.23. The van der Waals surface area contributed by atoms with Crippen molar-refractivity contribution in [3.05, 3.63) is 36.5 Å². The van der Waals surface area contributed by atoms with Gasteiger partial charge in [0.15, 0.2) is 0 Å². The van der Waals surface area contributed by atoms with Gasteiger partial charge in [0.2, 0.25) is 0 Å². The van der Waals surface area contributed by atoms with Gasteiger partial charge in [-0.2, -0.15) is 0 Å². The number of benzene rings is 1. The minimum Gasteiger partial charge on any atom is -0.506 e. The zero-order valence-corrected chi connectivity index (χ0v) is 5.78. The summed E-state index contributed by atoms with van der Waals surface area (Å²) in [4.78, 5) is 3.94. The molecule has 0 radical (unpaired) electrons. The maximum absolute atomic E-state index is 9.10. The van der Waals surface area contributed by atoms with E-state index in [1.807, 2.05) is 6.07 Å². The van der Waals surface area contributed by atoms with E-state index >= 15 is 0 Å². The molecule has 2 aromatic rings. The van der Waals surface area contributed by atoms with E-state index in [0.29, 0.717) is 11.6 Å². The first-order valence-corrected chi connectivity index (χ1v) is 3.32. The Bertz CT molecular complexity index is 428. The Morgan fingerprint density at radius 3 is 3.27 bits per heavy atom. The molecule has 0 spiro atoms. The molecule has 11 heavy (non-hydrogen) atoms. The highest BCUT2D eigenvalue weighted by atomic mass is 16.3. The first-order valence-electron chi connectivity index (χ1n) is 3.82. The number of pyridine rings is 1. The molecule has 0 saturated heterocycles. The van der Waals surface area contributed by atoms with Crippen molar-refractivity contribution in [3.8, 4) is 5.75 Å². The molecule has 1 aromatic carbocycles. The molecule has 0 atom stereocenters. The van der Waals surface area contributed by atoms with Gasteiger partial charge >= 0.3 is 0 Å². The van der Waals surface area contributed by atoms with Crippen LogP contribution < -0.4 is 0 Å². The molecule has 54 valence electrons. The number of rotatable bonds is 0. The molecule has 1 N–H and O–H groups in total. The normalized spacial score (nSPS) is 11.5. The molecule has 2 rings (SSSR count). The van der Waals surface area contributed by atoms with Crippen molar-refractivity contribution < 1.29 is 6.48 Å². The Labute approximate surface area is 65.5 Å². The SMILES string of the molecule is [2H]c1cccc2cc(O)cnc12. The topological polar surface area (TPSA) is 33.1 Å². The van der Waals surface area contributed by atoms with Crippen molar-refractivity contribution in [3.63, 3.8) is 0 Å². The van der Waals surface area contributed by atoms with Crippen molar-refractivity contribution in [2.24, 2.45) is 0 Å². The Morgan fingerprint density at radius 2 is 2.36 bits per heavy atom. The summed E-state index contributed by atoms with van der Waals surface area (Å²) >= 11 is 0. The third kappa shape index (κ3) is 1.03. The summed E-state index contributed by atoms with van der Waals surface area (Å²) in [7, 11) is 0. The van der Waals surface area contributed by atoms with Gasteiger partial charge in [-0.25, -0.2) is 0 Å². The molecule has 0 saturated carbocycles. The van der Waals surface area contributed by atoms with Crippen molar-refractivity contribution in [2.75, 3.05) is 0 Å². The highest BCUT2D eigenvalue weighted by Gasteiger charge is 1.92. The van der Waals surface area contributed by atoms with Crippen LogP contribution >= 0.6 is 0 Å². The molecule has 0 aliphatic heterocycles. The summed E-state index contributed by atoms with van der Waals surface area (Å²) in [6.45, 7) is 0. The van der Waals surface area contributed by atoms with E-state index in [0.717, 1.165) is 5.39 Å². The molecular weight excluding hydrogens is 138 g/mol. The van der Waals surface area contributed by atoms with Gasteiger partial charge in [0.05, 0.1) is 13.1 Å². The van der Waals surface area contributed by atoms with Crippen LogP contribution in [0.4, 0.5) is 0 Å². The van der Waals surface area contributed by atoms with E-state index < -0.39 is 0 Å². The first kappa shape index (κ1) is 5.13. The van der Waals surface area contributed by atoms with E-state index in [1.54, 1.807) is 18.2 Å². The number of hydrogen-bond donors (Lipinski definition) is 1. The third-order valence-corrected chi connectivity index (χ3v) is 1.49. The van der Waals surface area contributed by atoms with Crippen molar-refractivity contribution in [1.29, 1.82) is 0 Å². The summed E-state index contributed by atoms with van der Waals surface area (Å²) < 4.78 is 7.49. The Morgan fingerprint density at radius 1 is 1.45 bits per heavy atom. The summed E-state index contributed by atoms with van der Waals surface area (Å²) in [6.07, 6.45) is 1.35. The number of aromatic nitrogens is 1. The smallest absolute Gasteiger partial charge is 0.134 e. The number of para-hydroxylation sites is 1. The van der Waals surface area contributed by atoms with E-state index in [-0.39, 0.29) is 5.75 Å². The molecule has 0 aliphatic carbocycles. The number of fused-ring (bicyclic) bond motifs is 1. The zero-order valence-electron chi connectivity index (χ0n) is 6.78. The lowest BCUT2D eigenvalue weighted by molar-refractivity contribution is 0.474. The van der Waals surface area contributed by atoms with Crippen LogP contribution in [0.15, 0.2) is 36.5 Å². The van der Waals surface area contributed by atoms with Crippen LogP contribution in [0.25, 0.3) is 10.9 Å². The quantitative estimate of drug-likeness (QED) is 0.616. The lowest BCUT2D eigenvalue weighted by Crippen LogP contribution is -1.75. The van der Waals surface area contributed by atoms with Crippen LogP contribution in [0.3, 0.4) is 0 Å². The predicted molar refractivity (Wildman–Crippen MR) is 43.4 cm³/mol. The van der Waals surface area contributed by atoms with Gasteiger partial charge in [-0.3, -0.25) is 4.98 Å². The van der Waals surface area contributed by atoms with Crippen LogP contribution in [0, 0.1) is 0 Å². The number of aromatic hydroxyl groups is 1. The molecule has 0 amide bonds. The largest absolute Gasteiger partial charge is 0.506 e. The summed E-state index contributed by atoms with van der Waals surface area (Å²) in [5.74, 6) is 0.133. The maximum Gasteiger partial charge on any atom is 0.134 e. The molecule has 2 heteroatoms. The molecule has 1 aromatic heterocycles. The molecule has 0 fully saturated rings. The average molecular weight is 146 g/mol. The van der Waals surface area contributed by atoms with Gasteiger partial charge < -0.3 is 5.11 Å². The summed E-state index contributed by atoms with van der Waals surface area (Å²) in [5, 5.41) is 9.89. The molecule has 0 aliphatic rings. The third-order valence-electron chi connectivity index (χ3n) is 1.49. The van der Waals surface area contributed by atoms with Crippen molar-refractivity contribution in [1.82, 2.24) is 4.98 Å². The van der Waals surface area contributed by atoms with Gasteiger partial charge in [0, 0.05) is 5.39 Å². The Kier molecular flexibility index (Phi) is 1.04. The molecule has 1 heterocycles. The van der Waals surface area contributed by atoms with E-state index in [2.05, 4.69) is 4.98 Å². The van der Waals surface area contributed by atoms with Gasteiger partial charge in [-0.1, -0.05) is 18.2 Å². The van der Waals surface area contributed by atoms with E-state index in [1.165, 1.54) is 6.20 Å². The summed E-state index contributed by atoms with van der Waals surface area (Å²) in [5.41, 5.74) is 0.621. The fraction of sp³-hybridized carbons (Fsp3) is 0. The standard InChI is InChI=1S/C9H7NO/c11-8-5-7-3-1-2-4-9(7)10-6-8/h1-6,11H/i4D. The van der Waals surface area contributed by atoms with Gasteiger partial charge in [-0.05, 0) is 12.1 Å². The van der Waals surface area contributed by atoms with E-state index in [4.69, 9.17) is 6.48 Å². The minimum atomic E-state index is 0.133. The minimum absolute atomic E-state index is 0.133. The number of nitrogens with zero attached hydrogens (tertiary/aromatic N) is 1. The fourth-order valence-corrected chi connectivity index (χ4v) is 0.997. The van der Waals surface area contributed by atoms with E-state index in [9.17, 15) is 0 Å². The van der Waals surface area contributed by atoms with Gasteiger partial charge in [0.1, 0.15) is 5.75 Å². The van der Waals surface area contributed by atoms with Crippen LogP contribution in [0.2, 0.25) is 0 Å². The van der Waals surface area contributed by atoms with Crippen molar-refractivity contribution >= 4 is 10.9 Å². The zero-order chi connectivity index (χ0) is 8.55. The van der Waals surface area contributed by atoms with Crippen LogP contribution in [-0.2, 0) is 0 Å². The maximum atomic E-state index is 9.10. The Hall–Kier alpha value is -1.57. The monoisotopic (exact) mass is 146 g/mol. The molecular formula is C9H7NO. The lowest BCUT2D eigenvalue weighted by atomic mass is 10.2. The lowest BCUT2D eigenvalue weighted by Gasteiger charge is -1.95. The highest BCUT2D eigenvalue weighted by Crippen LogP contribution is 2.15. The number of hydrogen-bond acceptors (Lipinski definition) is 2. The molecule has 0 bridgehead atoms. The van der Waals surface area contributed by atoms with Crippen LogP contribution in [-0.4, -0.2) is 10.1 Å². The fourth-order valence-electron chi connectivity index (χ4n) is 0.997. The van der Waals surface area contributed by atoms with Crippen LogP contribution in [0.5, 0.6) is 5.75 Å². The predicted octanol–water partition coefficient (Wildman–Crippen LogP) is 1.94. The first-order chi connectivity index (χ1) is 5.77. The highest BCUT2D eigenvalue weighted by molar-refractivity contribution is 5.79. The van der Waals surface area contributed by atoms with Gasteiger partial charge in [0.25, 0.3) is 0 Å². The van der Waals surface area contributed by atoms with Crippen molar-refractivity contribution in [2.45, 2.75) is 0 Å². The molecule has 2 nitrogen and oxygen atoms in total. The average Bonchev–Trinajstić information content (AvgIpc) is 2.04. The van der Waals surface area contributed by atoms with Crippen LogP contribution in [0.1, 0.15) is 1.37 Å². The second-order valence-electron chi connectivity index (χ2n) is 2.30. The molecule has 0 unspecified atom stereocenters. The Balaban J connectivity index is 2.86. The second-order valence-corrected chi connectivity index (χ2v) is 2.30. The summed E-state index contributed by atoms with van der Waals surface area (Å²) in [6, 6.07) is 7.24. The van der Waals surface area contributed by atoms with Gasteiger partial charge in [-0.15, -0.1) is 0 Å².